The average molecular weight is 312 g/mol. The number of hydrogen-bond donors (Lipinski definition) is 1. The topological polar surface area (TPSA) is 53.4 Å². The number of fused-ring (bicyclic) bond motifs is 1. The van der Waals surface area contributed by atoms with Gasteiger partial charge in [-0.3, -0.25) is 9.78 Å². The highest BCUT2D eigenvalue weighted by atomic mass is 19.4. The van der Waals surface area contributed by atoms with Crippen molar-refractivity contribution in [2.45, 2.75) is 13.1 Å². The van der Waals surface area contributed by atoms with Crippen LogP contribution in [0, 0.1) is 5.92 Å². The summed E-state index contributed by atoms with van der Waals surface area (Å²) in [4.78, 5) is 16.6. The summed E-state index contributed by atoms with van der Waals surface area (Å²) >= 11 is 0. The molecule has 1 unspecified atom stereocenters. The van der Waals surface area contributed by atoms with Gasteiger partial charge in [0.1, 0.15) is 0 Å². The molecule has 0 amide bonds. The molecule has 1 aromatic heterocycles. The van der Waals surface area contributed by atoms with Crippen LogP contribution in [0.2, 0.25) is 0 Å². The van der Waals surface area contributed by atoms with E-state index in [4.69, 9.17) is 5.11 Å². The number of carboxylic acid groups (broad SMARTS) is 1. The van der Waals surface area contributed by atoms with Crippen molar-refractivity contribution in [2.75, 3.05) is 18.5 Å². The van der Waals surface area contributed by atoms with E-state index in [-0.39, 0.29) is 12.1 Å². The first-order valence-corrected chi connectivity index (χ1v) is 6.60. The number of rotatable bonds is 4. The minimum atomic E-state index is -4.42. The van der Waals surface area contributed by atoms with Gasteiger partial charge in [0.25, 0.3) is 0 Å². The number of carbonyl (C=O) groups is 1. The summed E-state index contributed by atoms with van der Waals surface area (Å²) in [7, 11) is 1.70. The van der Waals surface area contributed by atoms with E-state index < -0.39 is 23.6 Å². The predicted molar refractivity (Wildman–Crippen MR) is 76.8 cm³/mol. The maximum atomic E-state index is 12.7. The van der Waals surface area contributed by atoms with E-state index in [1.807, 2.05) is 0 Å². The molecule has 22 heavy (non-hydrogen) atoms. The van der Waals surface area contributed by atoms with Crippen molar-refractivity contribution in [3.8, 4) is 0 Å². The molecule has 0 saturated heterocycles. The number of anilines is 1. The Labute approximate surface area is 125 Å². The molecule has 0 bridgehead atoms. The van der Waals surface area contributed by atoms with E-state index in [1.165, 1.54) is 12.3 Å². The molecule has 0 aliphatic rings. The van der Waals surface area contributed by atoms with Gasteiger partial charge in [-0.25, -0.2) is 0 Å². The lowest BCUT2D eigenvalue weighted by Crippen LogP contribution is -2.28. The Balaban J connectivity index is 2.41. The van der Waals surface area contributed by atoms with Gasteiger partial charge < -0.3 is 10.0 Å². The van der Waals surface area contributed by atoms with Crippen molar-refractivity contribution in [1.82, 2.24) is 4.98 Å². The van der Waals surface area contributed by atoms with E-state index in [0.717, 1.165) is 12.1 Å². The van der Waals surface area contributed by atoms with Crippen LogP contribution in [0.3, 0.4) is 0 Å². The fraction of sp³-hybridized carbons (Fsp3) is 0.333. The van der Waals surface area contributed by atoms with Crippen molar-refractivity contribution in [3.05, 3.63) is 36.0 Å². The van der Waals surface area contributed by atoms with Crippen molar-refractivity contribution in [2.24, 2.45) is 5.92 Å². The number of nitrogens with zero attached hydrogens (tertiary/aromatic N) is 2. The van der Waals surface area contributed by atoms with Gasteiger partial charge in [-0.05, 0) is 18.2 Å². The average Bonchev–Trinajstić information content (AvgIpc) is 2.44. The Bertz CT molecular complexity index is 701. The summed E-state index contributed by atoms with van der Waals surface area (Å²) < 4.78 is 38.2. The summed E-state index contributed by atoms with van der Waals surface area (Å²) in [6.45, 7) is 1.82. The zero-order valence-electron chi connectivity index (χ0n) is 12.1. The summed E-state index contributed by atoms with van der Waals surface area (Å²) in [6.07, 6.45) is -3.00. The Morgan fingerprint density at radius 1 is 1.36 bits per heavy atom. The zero-order valence-corrected chi connectivity index (χ0v) is 12.1. The second kappa shape index (κ2) is 5.82. The van der Waals surface area contributed by atoms with Crippen LogP contribution in [0.15, 0.2) is 30.5 Å². The minimum Gasteiger partial charge on any atom is -0.481 e. The molecule has 4 nitrogen and oxygen atoms in total. The number of aromatic nitrogens is 1. The van der Waals surface area contributed by atoms with Gasteiger partial charge in [-0.15, -0.1) is 0 Å². The molecule has 1 atom stereocenters. The van der Waals surface area contributed by atoms with Gasteiger partial charge in [0.05, 0.1) is 17.0 Å². The van der Waals surface area contributed by atoms with Crippen molar-refractivity contribution in [3.63, 3.8) is 0 Å². The van der Waals surface area contributed by atoms with Crippen molar-refractivity contribution < 1.29 is 23.1 Å². The summed E-state index contributed by atoms with van der Waals surface area (Å²) in [5.41, 5.74) is 0.111. The van der Waals surface area contributed by atoms with Gasteiger partial charge in [-0.1, -0.05) is 13.0 Å². The molecule has 0 aliphatic heterocycles. The summed E-state index contributed by atoms with van der Waals surface area (Å²) in [5.74, 6) is -1.52. The number of aliphatic carboxylic acids is 1. The maximum absolute atomic E-state index is 12.7. The lowest BCUT2D eigenvalue weighted by atomic mass is 10.1. The van der Waals surface area contributed by atoms with Gasteiger partial charge in [0.15, 0.2) is 0 Å². The highest BCUT2D eigenvalue weighted by Gasteiger charge is 2.30. The summed E-state index contributed by atoms with van der Waals surface area (Å²) in [6, 6.07) is 5.02. The molecule has 0 saturated carbocycles. The van der Waals surface area contributed by atoms with Crippen LogP contribution >= 0.6 is 0 Å². The normalized spacial score (nSPS) is 13.1. The van der Waals surface area contributed by atoms with Crippen molar-refractivity contribution in [1.29, 1.82) is 0 Å². The van der Waals surface area contributed by atoms with Crippen molar-refractivity contribution >= 4 is 22.6 Å². The predicted octanol–water partition coefficient (Wildman–Crippen LogP) is 3.41. The van der Waals surface area contributed by atoms with Gasteiger partial charge in [0, 0.05) is 30.9 Å². The molecule has 0 spiro atoms. The minimum absolute atomic E-state index is 0.224. The molecule has 1 heterocycles. The number of hydrogen-bond acceptors (Lipinski definition) is 3. The van der Waals surface area contributed by atoms with Gasteiger partial charge in [0.2, 0.25) is 0 Å². The van der Waals surface area contributed by atoms with E-state index >= 15 is 0 Å². The molecule has 118 valence electrons. The monoisotopic (exact) mass is 312 g/mol. The SMILES string of the molecule is CC(CN(C)c1ccnc2cc(C(F)(F)F)ccc12)C(=O)O. The molecule has 2 aromatic rings. The molecule has 2 rings (SSSR count). The third-order valence-electron chi connectivity index (χ3n) is 3.43. The first-order chi connectivity index (χ1) is 10.2. The first-order valence-electron chi connectivity index (χ1n) is 6.60. The van der Waals surface area contributed by atoms with Gasteiger partial charge in [-0.2, -0.15) is 13.2 Å². The van der Waals surface area contributed by atoms with Crippen LogP contribution < -0.4 is 4.90 Å². The highest BCUT2D eigenvalue weighted by Crippen LogP contribution is 2.33. The van der Waals surface area contributed by atoms with E-state index in [0.29, 0.717) is 11.1 Å². The molecular weight excluding hydrogens is 297 g/mol. The summed E-state index contributed by atoms with van der Waals surface area (Å²) in [5, 5.41) is 9.50. The molecule has 0 aliphatic carbocycles. The zero-order chi connectivity index (χ0) is 16.5. The Morgan fingerprint density at radius 3 is 2.64 bits per heavy atom. The molecule has 0 radical (unpaired) electrons. The standard InChI is InChI=1S/C15H15F3N2O2/c1-9(14(21)22)8-20(2)13-5-6-19-12-7-10(15(16,17)18)3-4-11(12)13/h3-7,9H,8H2,1-2H3,(H,21,22). The van der Waals surface area contributed by atoms with E-state index in [2.05, 4.69) is 4.98 Å². The lowest BCUT2D eigenvalue weighted by Gasteiger charge is -2.23. The van der Waals surface area contributed by atoms with Crippen LogP contribution in [-0.4, -0.2) is 29.7 Å². The molecule has 1 aromatic carbocycles. The third-order valence-corrected chi connectivity index (χ3v) is 3.43. The Morgan fingerprint density at radius 2 is 2.05 bits per heavy atom. The Kier molecular flexibility index (Phi) is 4.25. The second-order valence-electron chi connectivity index (χ2n) is 5.18. The van der Waals surface area contributed by atoms with Crippen LogP contribution in [0.1, 0.15) is 12.5 Å². The molecule has 0 fully saturated rings. The number of halogens is 3. The molecule has 1 N–H and O–H groups in total. The smallest absolute Gasteiger partial charge is 0.416 e. The Hall–Kier alpha value is -2.31. The molecular formula is C15H15F3N2O2. The third kappa shape index (κ3) is 3.29. The van der Waals surface area contributed by atoms with Crippen LogP contribution in [-0.2, 0) is 11.0 Å². The second-order valence-corrected chi connectivity index (χ2v) is 5.18. The van der Waals surface area contributed by atoms with E-state index in [9.17, 15) is 18.0 Å². The number of benzene rings is 1. The lowest BCUT2D eigenvalue weighted by molar-refractivity contribution is -0.141. The number of pyridine rings is 1. The van der Waals surface area contributed by atoms with E-state index in [1.54, 1.807) is 24.9 Å². The van der Waals surface area contributed by atoms with Crippen LogP contribution in [0.5, 0.6) is 0 Å². The van der Waals surface area contributed by atoms with Crippen LogP contribution in [0.4, 0.5) is 18.9 Å². The van der Waals surface area contributed by atoms with Gasteiger partial charge >= 0.3 is 12.1 Å². The number of carboxylic acids is 1. The fourth-order valence-electron chi connectivity index (χ4n) is 2.23. The molecule has 7 heteroatoms. The first kappa shape index (κ1) is 16.1. The maximum Gasteiger partial charge on any atom is 0.416 e. The highest BCUT2D eigenvalue weighted by molar-refractivity contribution is 5.92. The number of alkyl halides is 3. The fourth-order valence-corrected chi connectivity index (χ4v) is 2.23. The quantitative estimate of drug-likeness (QED) is 0.940. The largest absolute Gasteiger partial charge is 0.481 e. The van der Waals surface area contributed by atoms with Crippen LogP contribution in [0.25, 0.3) is 10.9 Å².